The number of amides is 8. The molecule has 8 aromatic carbocycles. The maximum atomic E-state index is 13.9. The predicted molar refractivity (Wildman–Crippen MR) is 558 cm³/mol. The van der Waals surface area contributed by atoms with Gasteiger partial charge in [-0.15, -0.1) is 0 Å². The Morgan fingerprint density at radius 3 is 1.07 bits per heavy atom. The van der Waals surface area contributed by atoms with Crippen LogP contribution in [0.15, 0.2) is 103 Å². The number of nitrogens with one attached hydrogen (secondary N) is 8. The molecule has 8 aliphatic heterocycles. The van der Waals surface area contributed by atoms with Gasteiger partial charge >= 0.3 is 62.1 Å². The summed E-state index contributed by atoms with van der Waals surface area (Å²) in [5.74, 6) is -5.77. The van der Waals surface area contributed by atoms with Crippen molar-refractivity contribution in [1.82, 2.24) is 0 Å². The molecule has 8 heterocycles. The van der Waals surface area contributed by atoms with E-state index in [0.717, 1.165) is 77.1 Å². The van der Waals surface area contributed by atoms with Gasteiger partial charge in [-0.1, -0.05) is 157 Å². The third-order valence-electron chi connectivity index (χ3n) is 27.3. The fourth-order valence-electron chi connectivity index (χ4n) is 15.6. The van der Waals surface area contributed by atoms with Gasteiger partial charge in [-0.05, 0) is 214 Å². The van der Waals surface area contributed by atoms with Crippen LogP contribution in [-0.4, -0.2) is 118 Å². The van der Waals surface area contributed by atoms with Gasteiger partial charge in [0.1, 0.15) is 23.3 Å². The van der Waals surface area contributed by atoms with Gasteiger partial charge < -0.3 is 94.8 Å². The fraction of sp³-hybridized carbons (Fsp3) is 0.451. The van der Waals surface area contributed by atoms with Crippen molar-refractivity contribution in [2.75, 3.05) is 42.5 Å². The average molecular weight is 2030 g/mol. The molecule has 0 bridgehead atoms. The zero-order valence-corrected chi connectivity index (χ0v) is 86.6. The highest BCUT2D eigenvalue weighted by molar-refractivity contribution is 6.70. The molecule has 0 fully saturated rings. The van der Waals surface area contributed by atoms with Gasteiger partial charge in [-0.25, -0.2) is 26.3 Å². The second-order valence-electron chi connectivity index (χ2n) is 37.8. The second-order valence-corrected chi connectivity index (χ2v) is 37.8. The maximum absolute atomic E-state index is 13.9. The Balaban J connectivity index is 0.000000186. The Bertz CT molecular complexity index is 5990. The summed E-state index contributed by atoms with van der Waals surface area (Å²) in [5, 5.41) is 49.7. The summed E-state index contributed by atoms with van der Waals surface area (Å²) >= 11 is 0. The minimum atomic E-state index is -4.46. The van der Waals surface area contributed by atoms with Crippen molar-refractivity contribution in [3.05, 3.63) is 188 Å². The standard InChI is InChI=1S/C14H17BF3NO2.C13H16BF2NO2.2C13H17BFNO2.C13H18BNO2.2C12H15BFNO3.C12H16BNO3/c1-4-8(2)13(20)19-9-5-11(14(16,17)18)10-7-21-15(3)12(10)6-9;1-4-7(2)13(18)17-10-5-9-8(6-19-14(9)3)11(15)12(10)16;1-4-8(2)13(17)16-12-6-10-9(5-11(12)15)7-18-14(10)3;1-4-8(2)13(17)16-9-5-11-10(12(15)6-9)7-18-14(11)3;1-4-9(2)13(16)15-11-6-5-10-8-17-14(3)12(10)7-11;1-3-7(2)12(16)15-11-4-8-6-18-13(17)9(8)5-10(11)14;1-3-7(2)12(16)15-9-4-8-6-18-13(17)11(8)10(14)5-9;1-3-8(2)12(15)14-10-4-5-11-9(6-10)7-17-13(11)16/h5-6,8H,4,7H2,1-3H3,(H,19,20);5,7H,4,6H2,1-3H3,(H,17,18);2*5-6,8H,4,7H2,1-3H3,(H,16,17);5-7,9H,4,8H2,1-3H3,(H,15,16);2*4-5,7,17H,3,6H2,1-2H3,(H,15,16);4-6,8,16H,3,7H2,1-2H3,(H,14,15). The summed E-state index contributed by atoms with van der Waals surface area (Å²) in [7, 11) is -3.11. The number of alkyl halides is 3. The number of hydrogen-bond donors (Lipinski definition) is 11. The normalized spacial score (nSPS) is 15.5. The molecular formula is C102H131B8F9N8O19. The van der Waals surface area contributed by atoms with Gasteiger partial charge in [0.05, 0.1) is 75.5 Å². The molecule has 780 valence electrons. The zero-order chi connectivity index (χ0) is 108. The second kappa shape index (κ2) is 54.2. The SMILES string of the molecule is CCC(C)C(=O)Nc1cc(F)c2c(c1)B(C)OC2.CCC(C)C(=O)Nc1cc(F)c2c(c1)COB2O.CCC(C)C(=O)Nc1cc2c(c(C(F)(F)F)c1)COB2C.CCC(C)C(=O)Nc1cc2c(c(F)c1F)COB2C.CCC(C)C(=O)Nc1cc2c(cc1F)B(O)OC2.CCC(C)C(=O)Nc1cc2c(cc1F)COB2C.CCC(C)C(=O)Nc1ccc2c(c1)B(C)OC2.CCC(C)C(=O)Nc1ccc2c(c1)COB2O. The first-order valence-corrected chi connectivity index (χ1v) is 49.8. The highest BCUT2D eigenvalue weighted by Gasteiger charge is 2.41. The lowest BCUT2D eigenvalue weighted by atomic mass is 9.63. The average Bonchev–Trinajstić information content (AvgIpc) is 1.60. The topological polar surface area (TPSA) is 367 Å². The predicted octanol–water partition coefficient (Wildman–Crippen LogP) is 14.7. The van der Waals surface area contributed by atoms with E-state index in [1.54, 1.807) is 70.8 Å². The molecule has 8 atom stereocenters. The first-order valence-electron chi connectivity index (χ1n) is 49.8. The van der Waals surface area contributed by atoms with Crippen LogP contribution in [0, 0.1) is 82.2 Å². The Morgan fingerprint density at radius 2 is 0.589 bits per heavy atom. The van der Waals surface area contributed by atoms with Crippen molar-refractivity contribution in [3.63, 3.8) is 0 Å². The van der Waals surface area contributed by atoms with Gasteiger partial charge in [0.25, 0.3) is 0 Å². The summed E-state index contributed by atoms with van der Waals surface area (Å²) in [6.45, 7) is 40.8. The summed E-state index contributed by atoms with van der Waals surface area (Å²) in [6.07, 6.45) is 1.39. The van der Waals surface area contributed by atoms with Gasteiger partial charge in [0.2, 0.25) is 47.3 Å². The molecule has 0 aromatic heterocycles. The molecule has 8 amide bonds. The lowest BCUT2D eigenvalue weighted by Gasteiger charge is -2.16. The Kier molecular flexibility index (Phi) is 44.0. The van der Waals surface area contributed by atoms with E-state index in [9.17, 15) is 92.9 Å². The van der Waals surface area contributed by atoms with E-state index in [2.05, 4.69) is 42.5 Å². The third-order valence-corrected chi connectivity index (χ3v) is 27.3. The molecule has 0 aliphatic carbocycles. The zero-order valence-electron chi connectivity index (χ0n) is 86.6. The molecule has 0 saturated heterocycles. The van der Waals surface area contributed by atoms with Crippen LogP contribution < -0.4 is 86.2 Å². The molecule has 0 saturated carbocycles. The molecule has 146 heavy (non-hydrogen) atoms. The number of halogens is 9. The summed E-state index contributed by atoms with van der Waals surface area (Å²) in [6, 6.07) is 27.3. The highest BCUT2D eigenvalue weighted by atomic mass is 19.4. The smallest absolute Gasteiger partial charge is 0.427 e. The van der Waals surface area contributed by atoms with Crippen LogP contribution in [0.5, 0.6) is 0 Å². The molecule has 11 N–H and O–H groups in total. The van der Waals surface area contributed by atoms with Crippen molar-refractivity contribution < 1.29 is 130 Å². The monoisotopic (exact) mass is 2030 g/mol. The number of carbonyl (C=O) groups excluding carboxylic acids is 8. The highest BCUT2D eigenvalue weighted by Crippen LogP contribution is 2.37. The molecule has 8 aliphatic rings. The molecule has 8 unspecified atom stereocenters. The lowest BCUT2D eigenvalue weighted by Crippen LogP contribution is -2.31. The number of anilines is 8. The van der Waals surface area contributed by atoms with Gasteiger partial charge in [0, 0.05) is 92.4 Å². The van der Waals surface area contributed by atoms with Crippen molar-refractivity contribution in [3.8, 4) is 0 Å². The Morgan fingerprint density at radius 1 is 0.281 bits per heavy atom. The van der Waals surface area contributed by atoms with Gasteiger partial charge in [-0.3, -0.25) is 38.4 Å². The minimum absolute atomic E-state index is 0.00472. The molecular weight excluding hydrogens is 1900 g/mol. The molecule has 0 radical (unpaired) electrons. The van der Waals surface area contributed by atoms with Gasteiger partial charge in [0.15, 0.2) is 11.6 Å². The minimum Gasteiger partial charge on any atom is -0.427 e. The lowest BCUT2D eigenvalue weighted by molar-refractivity contribution is -0.138. The number of rotatable bonds is 24. The fourth-order valence-corrected chi connectivity index (χ4v) is 15.6. The first kappa shape index (κ1) is 119. The largest absolute Gasteiger partial charge is 0.494 e. The summed E-state index contributed by atoms with van der Waals surface area (Å²) in [5.41, 5.74) is 13.0. The molecule has 16 rings (SSSR count). The van der Waals surface area contributed by atoms with Crippen molar-refractivity contribution in [2.45, 2.75) is 255 Å². The summed E-state index contributed by atoms with van der Waals surface area (Å²) in [4.78, 5) is 94.1. The van der Waals surface area contributed by atoms with Crippen LogP contribution in [0.1, 0.15) is 212 Å². The van der Waals surface area contributed by atoms with Crippen LogP contribution in [0.4, 0.5) is 85.0 Å². The van der Waals surface area contributed by atoms with Crippen LogP contribution in [0.25, 0.3) is 0 Å². The maximum Gasteiger partial charge on any atom is 0.494 e. The van der Waals surface area contributed by atoms with Gasteiger partial charge in [-0.2, -0.15) is 13.2 Å². The quantitative estimate of drug-likeness (QED) is 0.0198. The van der Waals surface area contributed by atoms with Crippen LogP contribution in [-0.2, 0) is 135 Å². The van der Waals surface area contributed by atoms with E-state index >= 15 is 0 Å². The Hall–Kier alpha value is -11.0. The van der Waals surface area contributed by atoms with Crippen molar-refractivity contribution in [2.24, 2.45) is 47.3 Å². The molecule has 44 heteroatoms. The first-order chi connectivity index (χ1) is 69.0. The molecule has 27 nitrogen and oxygen atoms in total. The molecule has 8 aromatic rings. The number of hydrogen-bond acceptors (Lipinski definition) is 19. The number of carbonyl (C=O) groups is 8. The van der Waals surface area contributed by atoms with E-state index in [1.165, 1.54) is 47.4 Å². The van der Waals surface area contributed by atoms with Crippen LogP contribution >= 0.6 is 0 Å². The van der Waals surface area contributed by atoms with Crippen LogP contribution in [0.3, 0.4) is 0 Å². The Labute approximate surface area is 851 Å². The third kappa shape index (κ3) is 31.1. The van der Waals surface area contributed by atoms with E-state index in [-0.39, 0.29) is 194 Å². The number of benzene rings is 8. The molecule has 0 spiro atoms. The summed E-state index contributed by atoms with van der Waals surface area (Å²) < 4.78 is 164. The van der Waals surface area contributed by atoms with Crippen molar-refractivity contribution in [1.29, 1.82) is 0 Å². The van der Waals surface area contributed by atoms with Crippen LogP contribution in [0.2, 0.25) is 34.1 Å². The van der Waals surface area contributed by atoms with E-state index in [4.69, 9.17) is 37.2 Å². The number of fused-ring (bicyclic) bond motifs is 8. The van der Waals surface area contributed by atoms with E-state index in [0.29, 0.717) is 90.1 Å². The van der Waals surface area contributed by atoms with E-state index in [1.807, 2.05) is 135 Å². The van der Waals surface area contributed by atoms with Crippen molar-refractivity contribution >= 4 is 192 Å². The van der Waals surface area contributed by atoms with E-state index < -0.39 is 69.1 Å².